The van der Waals surface area contributed by atoms with Gasteiger partial charge in [-0.25, -0.2) is 0 Å². The number of para-hydroxylation sites is 2. The van der Waals surface area contributed by atoms with Crippen LogP contribution in [0.15, 0.2) is 24.3 Å². The van der Waals surface area contributed by atoms with Crippen molar-refractivity contribution in [3.63, 3.8) is 0 Å². The molecule has 1 amide bonds. The highest BCUT2D eigenvalue weighted by molar-refractivity contribution is 5.83. The topological polar surface area (TPSA) is 68.8 Å². The Labute approximate surface area is 123 Å². The molecule has 0 aromatic heterocycles. The lowest BCUT2D eigenvalue weighted by atomic mass is 10.2. The first-order valence-corrected chi connectivity index (χ1v) is 7.12. The Morgan fingerprint density at radius 1 is 1.43 bits per heavy atom. The van der Waals surface area contributed by atoms with E-state index in [2.05, 4.69) is 10.6 Å². The van der Waals surface area contributed by atoms with Crippen LogP contribution in [0.2, 0.25) is 0 Å². The molecule has 2 aliphatic rings. The van der Waals surface area contributed by atoms with E-state index in [0.717, 1.165) is 5.69 Å². The summed E-state index contributed by atoms with van der Waals surface area (Å²) in [4.78, 5) is 12.2. The minimum atomic E-state index is -0.572. The molecule has 0 aliphatic carbocycles. The van der Waals surface area contributed by atoms with Crippen LogP contribution in [0.1, 0.15) is 13.8 Å². The van der Waals surface area contributed by atoms with Crippen LogP contribution < -0.4 is 15.4 Å². The lowest BCUT2D eigenvalue weighted by Crippen LogP contribution is -2.47. The van der Waals surface area contributed by atoms with Gasteiger partial charge in [0, 0.05) is 6.54 Å². The summed E-state index contributed by atoms with van der Waals surface area (Å²) in [5, 5.41) is 6.05. The molecule has 6 nitrogen and oxygen atoms in total. The normalized spacial score (nSPS) is 26.4. The Bertz CT molecular complexity index is 532. The molecule has 114 valence electrons. The zero-order valence-electron chi connectivity index (χ0n) is 12.2. The van der Waals surface area contributed by atoms with Crippen molar-refractivity contribution in [3.05, 3.63) is 24.3 Å². The van der Waals surface area contributed by atoms with Gasteiger partial charge in [0.25, 0.3) is 5.91 Å². The first-order chi connectivity index (χ1) is 10.0. The Morgan fingerprint density at radius 3 is 3.00 bits per heavy atom. The van der Waals surface area contributed by atoms with Gasteiger partial charge in [0.05, 0.1) is 18.8 Å². The average Bonchev–Trinajstić information content (AvgIpc) is 2.83. The number of nitrogens with one attached hydrogen (secondary N) is 2. The summed E-state index contributed by atoms with van der Waals surface area (Å²) >= 11 is 0. The van der Waals surface area contributed by atoms with Gasteiger partial charge in [-0.05, 0) is 26.0 Å². The molecule has 1 fully saturated rings. The highest BCUT2D eigenvalue weighted by atomic mass is 16.7. The second-order valence-corrected chi connectivity index (χ2v) is 5.68. The van der Waals surface area contributed by atoms with Gasteiger partial charge in [-0.3, -0.25) is 4.79 Å². The number of anilines is 1. The second kappa shape index (κ2) is 5.54. The molecule has 1 aromatic rings. The van der Waals surface area contributed by atoms with Crippen molar-refractivity contribution in [1.82, 2.24) is 5.32 Å². The average molecular weight is 292 g/mol. The van der Waals surface area contributed by atoms with Crippen molar-refractivity contribution < 1.29 is 19.0 Å². The number of ether oxygens (including phenoxy) is 3. The van der Waals surface area contributed by atoms with E-state index < -0.39 is 11.9 Å². The number of amides is 1. The van der Waals surface area contributed by atoms with Crippen LogP contribution in [0.3, 0.4) is 0 Å². The van der Waals surface area contributed by atoms with Gasteiger partial charge in [-0.1, -0.05) is 12.1 Å². The third kappa shape index (κ3) is 3.28. The van der Waals surface area contributed by atoms with Gasteiger partial charge in [-0.15, -0.1) is 0 Å². The van der Waals surface area contributed by atoms with E-state index in [0.29, 0.717) is 25.4 Å². The first kappa shape index (κ1) is 14.2. The summed E-state index contributed by atoms with van der Waals surface area (Å²) in [6.07, 6.45) is -0.650. The quantitative estimate of drug-likeness (QED) is 0.874. The van der Waals surface area contributed by atoms with Gasteiger partial charge in [0.1, 0.15) is 11.9 Å². The van der Waals surface area contributed by atoms with Gasteiger partial charge in [0.15, 0.2) is 11.9 Å². The Kier molecular flexibility index (Phi) is 3.73. The molecule has 1 saturated heterocycles. The molecular formula is C15H20N2O4. The Balaban J connectivity index is 1.51. The summed E-state index contributed by atoms with van der Waals surface area (Å²) in [7, 11) is 0. The largest absolute Gasteiger partial charge is 0.477 e. The molecule has 1 aromatic carbocycles. The molecule has 2 heterocycles. The van der Waals surface area contributed by atoms with E-state index >= 15 is 0 Å². The summed E-state index contributed by atoms with van der Waals surface area (Å²) in [6, 6.07) is 7.58. The number of hydrogen-bond acceptors (Lipinski definition) is 5. The van der Waals surface area contributed by atoms with E-state index in [-0.39, 0.29) is 12.0 Å². The van der Waals surface area contributed by atoms with Crippen LogP contribution >= 0.6 is 0 Å². The zero-order chi connectivity index (χ0) is 14.9. The lowest BCUT2D eigenvalue weighted by molar-refractivity contribution is -0.140. The fraction of sp³-hybridized carbons (Fsp3) is 0.533. The van der Waals surface area contributed by atoms with Gasteiger partial charge in [0.2, 0.25) is 0 Å². The SMILES string of the molecule is CC1(C)OCC(CNC(=O)C2CNc3ccccc3O2)O1. The van der Waals surface area contributed by atoms with E-state index in [9.17, 15) is 4.79 Å². The standard InChI is InChI=1S/C15H20N2O4/c1-15(2)19-9-10(21-15)7-17-14(18)13-8-16-11-5-3-4-6-12(11)20-13/h3-6,10,13,16H,7-9H2,1-2H3,(H,17,18). The van der Waals surface area contributed by atoms with Crippen LogP contribution in [0.5, 0.6) is 5.75 Å². The Morgan fingerprint density at radius 2 is 2.24 bits per heavy atom. The molecule has 2 N–H and O–H groups in total. The number of carbonyl (C=O) groups excluding carboxylic acids is 1. The smallest absolute Gasteiger partial charge is 0.263 e. The summed E-state index contributed by atoms with van der Waals surface area (Å²) in [5.41, 5.74) is 0.913. The molecule has 21 heavy (non-hydrogen) atoms. The monoisotopic (exact) mass is 292 g/mol. The van der Waals surface area contributed by atoms with Crippen LogP contribution in [-0.4, -0.2) is 43.6 Å². The van der Waals surface area contributed by atoms with Gasteiger partial charge < -0.3 is 24.8 Å². The number of fused-ring (bicyclic) bond motifs is 1. The molecular weight excluding hydrogens is 272 g/mol. The van der Waals surface area contributed by atoms with Crippen LogP contribution in [0, 0.1) is 0 Å². The predicted octanol–water partition coefficient (Wildman–Crippen LogP) is 1.13. The molecule has 3 rings (SSSR count). The van der Waals surface area contributed by atoms with Crippen molar-refractivity contribution in [3.8, 4) is 5.75 Å². The summed E-state index contributed by atoms with van der Waals surface area (Å²) < 4.78 is 16.8. The maximum Gasteiger partial charge on any atom is 0.263 e. The summed E-state index contributed by atoms with van der Waals surface area (Å²) in [6.45, 7) is 5.08. The molecule has 6 heteroatoms. The molecule has 2 aliphatic heterocycles. The van der Waals surface area contributed by atoms with E-state index in [1.807, 2.05) is 38.1 Å². The first-order valence-electron chi connectivity index (χ1n) is 7.12. The van der Waals surface area contributed by atoms with Crippen molar-refractivity contribution in [2.45, 2.75) is 31.8 Å². The van der Waals surface area contributed by atoms with Crippen molar-refractivity contribution in [1.29, 1.82) is 0 Å². The fourth-order valence-corrected chi connectivity index (χ4v) is 2.45. The van der Waals surface area contributed by atoms with Crippen molar-refractivity contribution in [2.75, 3.05) is 25.0 Å². The lowest BCUT2D eigenvalue weighted by Gasteiger charge is -2.26. The number of benzene rings is 1. The summed E-state index contributed by atoms with van der Waals surface area (Å²) in [5.74, 6) is -0.0205. The van der Waals surface area contributed by atoms with Crippen LogP contribution in [0.25, 0.3) is 0 Å². The molecule has 2 unspecified atom stereocenters. The number of carbonyl (C=O) groups is 1. The molecule has 0 saturated carbocycles. The maximum absolute atomic E-state index is 12.2. The van der Waals surface area contributed by atoms with Crippen molar-refractivity contribution >= 4 is 11.6 Å². The fourth-order valence-electron chi connectivity index (χ4n) is 2.45. The maximum atomic E-state index is 12.2. The van der Waals surface area contributed by atoms with Crippen LogP contribution in [-0.2, 0) is 14.3 Å². The van der Waals surface area contributed by atoms with Gasteiger partial charge in [-0.2, -0.15) is 0 Å². The van der Waals surface area contributed by atoms with E-state index in [1.54, 1.807) is 0 Å². The minimum Gasteiger partial charge on any atom is -0.477 e. The van der Waals surface area contributed by atoms with Gasteiger partial charge >= 0.3 is 0 Å². The Hall–Kier alpha value is -1.79. The highest BCUT2D eigenvalue weighted by Crippen LogP contribution is 2.28. The predicted molar refractivity (Wildman–Crippen MR) is 77.3 cm³/mol. The highest BCUT2D eigenvalue weighted by Gasteiger charge is 2.33. The molecule has 0 radical (unpaired) electrons. The van der Waals surface area contributed by atoms with Crippen molar-refractivity contribution in [2.24, 2.45) is 0 Å². The van der Waals surface area contributed by atoms with Crippen LogP contribution in [0.4, 0.5) is 5.69 Å². The van der Waals surface area contributed by atoms with E-state index in [4.69, 9.17) is 14.2 Å². The third-order valence-corrected chi connectivity index (χ3v) is 3.50. The molecule has 0 spiro atoms. The van der Waals surface area contributed by atoms with E-state index in [1.165, 1.54) is 0 Å². The molecule has 0 bridgehead atoms. The third-order valence-electron chi connectivity index (χ3n) is 3.50. The molecule has 2 atom stereocenters. The number of rotatable bonds is 3. The minimum absolute atomic E-state index is 0.118. The second-order valence-electron chi connectivity index (χ2n) is 5.68. The zero-order valence-corrected chi connectivity index (χ0v) is 12.2. The number of hydrogen-bond donors (Lipinski definition) is 2.